The van der Waals surface area contributed by atoms with Crippen molar-refractivity contribution in [3.8, 4) is 11.5 Å². The van der Waals surface area contributed by atoms with E-state index in [4.69, 9.17) is 9.47 Å². The number of carbonyl (C=O) groups is 1. The molecule has 0 radical (unpaired) electrons. The lowest BCUT2D eigenvalue weighted by molar-refractivity contribution is -0.128. The maximum absolute atomic E-state index is 11.9. The standard InChI is InChI=1S/C14H19NO3S/c1-14(2,3)13(16)15-7-9-5-6-10-11(12(9)19-4)18-8-17-10/h5-6H,7-8H2,1-4H3,(H,15,16). The molecule has 0 saturated heterocycles. The molecule has 0 aromatic heterocycles. The number of amides is 1. The van der Waals surface area contributed by atoms with Crippen LogP contribution in [0.5, 0.6) is 11.5 Å². The minimum atomic E-state index is -0.379. The number of fused-ring (bicyclic) bond motifs is 1. The van der Waals surface area contributed by atoms with E-state index >= 15 is 0 Å². The molecule has 0 unspecified atom stereocenters. The lowest BCUT2D eigenvalue weighted by Gasteiger charge is -2.18. The molecule has 1 aliphatic rings. The van der Waals surface area contributed by atoms with Crippen molar-refractivity contribution in [2.24, 2.45) is 5.41 Å². The Kier molecular flexibility index (Phi) is 3.94. The van der Waals surface area contributed by atoms with Gasteiger partial charge in [-0.1, -0.05) is 26.8 Å². The third kappa shape index (κ3) is 2.97. The molecule has 0 spiro atoms. The number of thioether (sulfide) groups is 1. The number of ether oxygens (including phenoxy) is 2. The van der Waals surface area contributed by atoms with Crippen molar-refractivity contribution in [2.45, 2.75) is 32.2 Å². The van der Waals surface area contributed by atoms with Gasteiger partial charge in [-0.2, -0.15) is 0 Å². The Balaban J connectivity index is 2.15. The first-order valence-electron chi connectivity index (χ1n) is 6.17. The fraction of sp³-hybridized carbons (Fsp3) is 0.500. The van der Waals surface area contributed by atoms with E-state index in [9.17, 15) is 4.79 Å². The molecule has 4 nitrogen and oxygen atoms in total. The van der Waals surface area contributed by atoms with Crippen LogP contribution in [0.2, 0.25) is 0 Å². The van der Waals surface area contributed by atoms with Gasteiger partial charge in [-0.25, -0.2) is 0 Å². The maximum Gasteiger partial charge on any atom is 0.231 e. The Labute approximate surface area is 117 Å². The maximum atomic E-state index is 11.9. The van der Waals surface area contributed by atoms with Crippen LogP contribution in [0.3, 0.4) is 0 Å². The SMILES string of the molecule is CSc1c(CNC(=O)C(C)(C)C)ccc2c1OCO2. The van der Waals surface area contributed by atoms with Gasteiger partial charge in [-0.3, -0.25) is 4.79 Å². The first-order chi connectivity index (χ1) is 8.93. The molecule has 5 heteroatoms. The van der Waals surface area contributed by atoms with Crippen LogP contribution in [0.1, 0.15) is 26.3 Å². The first kappa shape index (κ1) is 14.1. The lowest BCUT2D eigenvalue weighted by atomic mass is 9.95. The zero-order chi connectivity index (χ0) is 14.0. The summed E-state index contributed by atoms with van der Waals surface area (Å²) in [6.07, 6.45) is 1.99. The van der Waals surface area contributed by atoms with E-state index in [2.05, 4.69) is 5.32 Å². The van der Waals surface area contributed by atoms with Crippen LogP contribution >= 0.6 is 11.8 Å². The Bertz CT molecular complexity index is 494. The van der Waals surface area contributed by atoms with E-state index in [1.165, 1.54) is 0 Å². The van der Waals surface area contributed by atoms with E-state index < -0.39 is 0 Å². The van der Waals surface area contributed by atoms with E-state index in [1.54, 1.807) is 11.8 Å². The predicted molar refractivity (Wildman–Crippen MR) is 75.6 cm³/mol. The van der Waals surface area contributed by atoms with Gasteiger partial charge in [0, 0.05) is 12.0 Å². The smallest absolute Gasteiger partial charge is 0.231 e. The van der Waals surface area contributed by atoms with Crippen LogP contribution < -0.4 is 14.8 Å². The van der Waals surface area contributed by atoms with Crippen LogP contribution in [0.4, 0.5) is 0 Å². The van der Waals surface area contributed by atoms with Crippen molar-refractivity contribution in [3.05, 3.63) is 17.7 Å². The number of carbonyl (C=O) groups excluding carboxylic acids is 1. The van der Waals surface area contributed by atoms with Gasteiger partial charge in [0.2, 0.25) is 12.7 Å². The molecule has 1 N–H and O–H groups in total. The minimum absolute atomic E-state index is 0.0391. The summed E-state index contributed by atoms with van der Waals surface area (Å²) in [4.78, 5) is 12.9. The molecule has 1 amide bonds. The lowest BCUT2D eigenvalue weighted by Crippen LogP contribution is -2.34. The van der Waals surface area contributed by atoms with Crippen LogP contribution in [0.25, 0.3) is 0 Å². The van der Waals surface area contributed by atoms with E-state index in [1.807, 2.05) is 39.2 Å². The van der Waals surface area contributed by atoms with Gasteiger partial charge in [-0.15, -0.1) is 11.8 Å². The molecule has 104 valence electrons. The molecule has 0 fully saturated rings. The average Bonchev–Trinajstić information content (AvgIpc) is 2.82. The highest BCUT2D eigenvalue weighted by Crippen LogP contribution is 2.42. The molecule has 0 bridgehead atoms. The zero-order valence-electron chi connectivity index (χ0n) is 11.7. The van der Waals surface area contributed by atoms with Crippen LogP contribution in [0, 0.1) is 5.41 Å². The monoisotopic (exact) mass is 281 g/mol. The van der Waals surface area contributed by atoms with Gasteiger partial charge in [0.05, 0.1) is 4.90 Å². The number of benzene rings is 1. The summed E-state index contributed by atoms with van der Waals surface area (Å²) in [7, 11) is 0. The van der Waals surface area contributed by atoms with Gasteiger partial charge < -0.3 is 14.8 Å². The van der Waals surface area contributed by atoms with Crippen molar-refractivity contribution >= 4 is 17.7 Å². The topological polar surface area (TPSA) is 47.6 Å². The third-order valence-electron chi connectivity index (χ3n) is 2.90. The molecule has 0 aliphatic carbocycles. The summed E-state index contributed by atoms with van der Waals surface area (Å²) in [5.41, 5.74) is 0.671. The van der Waals surface area contributed by atoms with Crippen LogP contribution in [0.15, 0.2) is 17.0 Å². The summed E-state index contributed by atoms with van der Waals surface area (Å²) >= 11 is 1.60. The van der Waals surface area contributed by atoms with E-state index in [-0.39, 0.29) is 18.1 Å². The van der Waals surface area contributed by atoms with Crippen molar-refractivity contribution < 1.29 is 14.3 Å². The predicted octanol–water partition coefficient (Wildman–Crippen LogP) is 2.80. The fourth-order valence-corrected chi connectivity index (χ4v) is 2.54. The number of nitrogens with one attached hydrogen (secondary N) is 1. The molecular formula is C14H19NO3S. The van der Waals surface area contributed by atoms with Gasteiger partial charge in [0.25, 0.3) is 0 Å². The van der Waals surface area contributed by atoms with Gasteiger partial charge in [-0.05, 0) is 17.9 Å². The number of hydrogen-bond donors (Lipinski definition) is 1. The highest BCUT2D eigenvalue weighted by Gasteiger charge is 2.23. The molecule has 19 heavy (non-hydrogen) atoms. The van der Waals surface area contributed by atoms with Gasteiger partial charge >= 0.3 is 0 Å². The molecule has 0 atom stereocenters. The summed E-state index contributed by atoms with van der Waals surface area (Å²) in [5, 5.41) is 2.96. The Morgan fingerprint density at radius 3 is 2.74 bits per heavy atom. The average molecular weight is 281 g/mol. The van der Waals surface area contributed by atoms with Crippen molar-refractivity contribution in [3.63, 3.8) is 0 Å². The van der Waals surface area contributed by atoms with Crippen molar-refractivity contribution in [1.29, 1.82) is 0 Å². The molecule has 1 aliphatic heterocycles. The van der Waals surface area contributed by atoms with Gasteiger partial charge in [0.15, 0.2) is 11.5 Å². The molecule has 2 rings (SSSR count). The molecular weight excluding hydrogens is 262 g/mol. The Hall–Kier alpha value is -1.36. The molecule has 1 aromatic carbocycles. The fourth-order valence-electron chi connectivity index (χ4n) is 1.79. The summed E-state index contributed by atoms with van der Waals surface area (Å²) in [6.45, 7) is 6.47. The molecule has 1 aromatic rings. The highest BCUT2D eigenvalue weighted by atomic mass is 32.2. The highest BCUT2D eigenvalue weighted by molar-refractivity contribution is 7.98. The summed E-state index contributed by atoms with van der Waals surface area (Å²) in [6, 6.07) is 3.86. The first-order valence-corrected chi connectivity index (χ1v) is 7.39. The minimum Gasteiger partial charge on any atom is -0.454 e. The van der Waals surface area contributed by atoms with Gasteiger partial charge in [0.1, 0.15) is 0 Å². The van der Waals surface area contributed by atoms with Crippen LogP contribution in [-0.4, -0.2) is 19.0 Å². The van der Waals surface area contributed by atoms with E-state index in [0.29, 0.717) is 6.54 Å². The van der Waals surface area contributed by atoms with E-state index in [0.717, 1.165) is 22.0 Å². The third-order valence-corrected chi connectivity index (χ3v) is 3.76. The van der Waals surface area contributed by atoms with Crippen molar-refractivity contribution in [1.82, 2.24) is 5.32 Å². The Morgan fingerprint density at radius 1 is 1.37 bits per heavy atom. The van der Waals surface area contributed by atoms with Crippen LogP contribution in [-0.2, 0) is 11.3 Å². The number of rotatable bonds is 3. The Morgan fingerprint density at radius 2 is 2.11 bits per heavy atom. The quantitative estimate of drug-likeness (QED) is 0.866. The molecule has 1 heterocycles. The zero-order valence-corrected chi connectivity index (χ0v) is 12.5. The second-order valence-electron chi connectivity index (χ2n) is 5.42. The summed E-state index contributed by atoms with van der Waals surface area (Å²) in [5.74, 6) is 1.60. The van der Waals surface area contributed by atoms with Crippen molar-refractivity contribution in [2.75, 3.05) is 13.0 Å². The summed E-state index contributed by atoms with van der Waals surface area (Å²) < 4.78 is 10.8. The second kappa shape index (κ2) is 5.33. The normalized spacial score (nSPS) is 13.5. The second-order valence-corrected chi connectivity index (χ2v) is 6.24. The molecule has 0 saturated carbocycles. The number of hydrogen-bond acceptors (Lipinski definition) is 4. The largest absolute Gasteiger partial charge is 0.454 e.